The number of nitrogens with zero attached hydrogens (tertiary/aromatic N) is 4. The molecule has 2 N–H and O–H groups in total. The van der Waals surface area contributed by atoms with Crippen LogP contribution in [0.5, 0.6) is 0 Å². The molecule has 2 heterocycles. The SMILES string of the molecule is CC[C@H](N)c1nc(C2CN(C)CCCN2C)no1. The van der Waals surface area contributed by atoms with Crippen molar-refractivity contribution in [2.75, 3.05) is 33.7 Å². The first-order valence-corrected chi connectivity index (χ1v) is 6.59. The molecule has 6 nitrogen and oxygen atoms in total. The van der Waals surface area contributed by atoms with Gasteiger partial charge in [0.25, 0.3) is 0 Å². The summed E-state index contributed by atoms with van der Waals surface area (Å²) in [6.07, 6.45) is 1.98. The molecule has 1 aromatic rings. The number of aromatic nitrogens is 2. The maximum Gasteiger partial charge on any atom is 0.243 e. The van der Waals surface area contributed by atoms with Gasteiger partial charge < -0.3 is 15.2 Å². The van der Waals surface area contributed by atoms with Gasteiger partial charge in [0.15, 0.2) is 5.82 Å². The lowest BCUT2D eigenvalue weighted by Crippen LogP contribution is -2.31. The van der Waals surface area contributed by atoms with E-state index in [0.717, 1.165) is 31.9 Å². The Hall–Kier alpha value is -0.980. The van der Waals surface area contributed by atoms with E-state index in [1.807, 2.05) is 6.92 Å². The second kappa shape index (κ2) is 5.77. The molecule has 1 fully saturated rings. The van der Waals surface area contributed by atoms with E-state index in [-0.39, 0.29) is 12.1 Å². The summed E-state index contributed by atoms with van der Waals surface area (Å²) < 4.78 is 5.26. The fourth-order valence-corrected chi connectivity index (χ4v) is 2.26. The summed E-state index contributed by atoms with van der Waals surface area (Å²) in [6.45, 7) is 5.11. The van der Waals surface area contributed by atoms with Crippen LogP contribution < -0.4 is 5.73 Å². The number of nitrogens with two attached hydrogens (primary N) is 1. The molecule has 0 amide bonds. The van der Waals surface area contributed by atoms with E-state index in [1.165, 1.54) is 6.42 Å². The van der Waals surface area contributed by atoms with Gasteiger partial charge in [0.1, 0.15) is 0 Å². The van der Waals surface area contributed by atoms with E-state index < -0.39 is 0 Å². The van der Waals surface area contributed by atoms with Crippen LogP contribution in [0.1, 0.15) is 43.6 Å². The lowest BCUT2D eigenvalue weighted by molar-refractivity contribution is 0.214. The Morgan fingerprint density at radius 3 is 2.94 bits per heavy atom. The van der Waals surface area contributed by atoms with E-state index >= 15 is 0 Å². The second-order valence-electron chi connectivity index (χ2n) is 5.12. The molecule has 0 radical (unpaired) electrons. The summed E-state index contributed by atoms with van der Waals surface area (Å²) in [5.74, 6) is 1.30. The molecule has 0 saturated carbocycles. The van der Waals surface area contributed by atoms with Gasteiger partial charge in [-0.3, -0.25) is 4.90 Å². The van der Waals surface area contributed by atoms with Gasteiger partial charge in [0.2, 0.25) is 5.89 Å². The quantitative estimate of drug-likeness (QED) is 0.858. The summed E-state index contributed by atoms with van der Waals surface area (Å²) in [5, 5.41) is 4.10. The molecule has 2 atom stereocenters. The van der Waals surface area contributed by atoms with Crippen LogP contribution in [0.15, 0.2) is 4.52 Å². The average Bonchev–Trinajstić information content (AvgIpc) is 2.77. The van der Waals surface area contributed by atoms with Crippen LogP contribution in [0, 0.1) is 0 Å². The maximum atomic E-state index is 5.91. The van der Waals surface area contributed by atoms with Crippen molar-refractivity contribution in [1.29, 1.82) is 0 Å². The van der Waals surface area contributed by atoms with Crippen molar-refractivity contribution < 1.29 is 4.52 Å². The van der Waals surface area contributed by atoms with Crippen LogP contribution in [-0.2, 0) is 0 Å². The average molecular weight is 253 g/mol. The van der Waals surface area contributed by atoms with Crippen molar-refractivity contribution in [3.63, 3.8) is 0 Å². The lowest BCUT2D eigenvalue weighted by Gasteiger charge is -2.24. The summed E-state index contributed by atoms with van der Waals surface area (Å²) >= 11 is 0. The highest BCUT2D eigenvalue weighted by atomic mass is 16.5. The molecule has 0 aliphatic carbocycles. The fraction of sp³-hybridized carbons (Fsp3) is 0.833. The highest BCUT2D eigenvalue weighted by Crippen LogP contribution is 2.22. The summed E-state index contributed by atoms with van der Waals surface area (Å²) in [4.78, 5) is 9.06. The van der Waals surface area contributed by atoms with Crippen molar-refractivity contribution in [3.8, 4) is 0 Å². The first kappa shape index (κ1) is 13.5. The molecule has 1 aliphatic heterocycles. The first-order chi connectivity index (χ1) is 8.61. The molecule has 1 aliphatic rings. The molecule has 102 valence electrons. The standard InChI is InChI=1S/C12H23N5O/c1-4-9(13)12-14-11(15-18-12)10-8-16(2)6-5-7-17(10)3/h9-10H,4-8,13H2,1-3H3/t9-,10?/m0/s1. The largest absolute Gasteiger partial charge is 0.338 e. The zero-order valence-corrected chi connectivity index (χ0v) is 11.5. The molecule has 1 aromatic heterocycles. The van der Waals surface area contributed by atoms with Crippen LogP contribution in [0.3, 0.4) is 0 Å². The summed E-state index contributed by atoms with van der Waals surface area (Å²) in [5.41, 5.74) is 5.91. The van der Waals surface area contributed by atoms with Gasteiger partial charge in [-0.1, -0.05) is 12.1 Å². The lowest BCUT2D eigenvalue weighted by atomic mass is 10.2. The molecule has 0 bridgehead atoms. The predicted molar refractivity (Wildman–Crippen MR) is 69.0 cm³/mol. The van der Waals surface area contributed by atoms with Gasteiger partial charge >= 0.3 is 0 Å². The smallest absolute Gasteiger partial charge is 0.243 e. The Morgan fingerprint density at radius 2 is 2.22 bits per heavy atom. The van der Waals surface area contributed by atoms with Gasteiger partial charge in [0, 0.05) is 6.54 Å². The minimum Gasteiger partial charge on any atom is -0.338 e. The van der Waals surface area contributed by atoms with Gasteiger partial charge in [-0.25, -0.2) is 0 Å². The minimum absolute atomic E-state index is 0.153. The van der Waals surface area contributed by atoms with Gasteiger partial charge in [-0.2, -0.15) is 4.98 Å². The van der Waals surface area contributed by atoms with E-state index in [4.69, 9.17) is 10.3 Å². The first-order valence-electron chi connectivity index (χ1n) is 6.59. The third-order valence-corrected chi connectivity index (χ3v) is 3.58. The third kappa shape index (κ3) is 2.88. The fourth-order valence-electron chi connectivity index (χ4n) is 2.26. The van der Waals surface area contributed by atoms with Crippen molar-refractivity contribution in [2.45, 2.75) is 31.8 Å². The van der Waals surface area contributed by atoms with Crippen molar-refractivity contribution in [1.82, 2.24) is 19.9 Å². The van der Waals surface area contributed by atoms with Gasteiger partial charge in [0.05, 0.1) is 12.1 Å². The third-order valence-electron chi connectivity index (χ3n) is 3.58. The Labute approximate surface area is 108 Å². The Kier molecular flexibility index (Phi) is 4.31. The van der Waals surface area contributed by atoms with Gasteiger partial charge in [-0.15, -0.1) is 0 Å². The minimum atomic E-state index is -0.153. The van der Waals surface area contributed by atoms with Gasteiger partial charge in [-0.05, 0) is 40.0 Å². The van der Waals surface area contributed by atoms with E-state index in [2.05, 4.69) is 34.0 Å². The van der Waals surface area contributed by atoms with Crippen LogP contribution in [0.25, 0.3) is 0 Å². The molecular formula is C12H23N5O. The zero-order chi connectivity index (χ0) is 13.1. The van der Waals surface area contributed by atoms with Crippen LogP contribution in [0.4, 0.5) is 0 Å². The molecule has 0 aromatic carbocycles. The molecule has 6 heteroatoms. The van der Waals surface area contributed by atoms with Crippen LogP contribution in [-0.4, -0.2) is 53.7 Å². The predicted octanol–water partition coefficient (Wildman–Crippen LogP) is 0.788. The van der Waals surface area contributed by atoms with Crippen LogP contribution in [0.2, 0.25) is 0 Å². The molecule has 2 rings (SSSR count). The number of rotatable bonds is 3. The highest BCUT2D eigenvalue weighted by molar-refractivity contribution is 4.99. The van der Waals surface area contributed by atoms with E-state index in [0.29, 0.717) is 5.89 Å². The number of hydrogen-bond acceptors (Lipinski definition) is 6. The Balaban J connectivity index is 2.15. The van der Waals surface area contributed by atoms with Crippen molar-refractivity contribution in [3.05, 3.63) is 11.7 Å². The highest BCUT2D eigenvalue weighted by Gasteiger charge is 2.27. The second-order valence-corrected chi connectivity index (χ2v) is 5.12. The Bertz CT molecular complexity index is 380. The normalized spacial score (nSPS) is 25.0. The Morgan fingerprint density at radius 1 is 1.44 bits per heavy atom. The topological polar surface area (TPSA) is 71.4 Å². The number of likely N-dealkylation sites (N-methyl/N-ethyl adjacent to an activating group) is 2. The molecular weight excluding hydrogens is 230 g/mol. The number of hydrogen-bond donors (Lipinski definition) is 1. The molecule has 0 spiro atoms. The maximum absolute atomic E-state index is 5.91. The summed E-state index contributed by atoms with van der Waals surface area (Å²) in [7, 11) is 4.24. The molecule has 18 heavy (non-hydrogen) atoms. The zero-order valence-electron chi connectivity index (χ0n) is 11.5. The van der Waals surface area contributed by atoms with E-state index in [1.54, 1.807) is 0 Å². The molecule has 1 unspecified atom stereocenters. The summed E-state index contributed by atoms with van der Waals surface area (Å²) in [6, 6.07) is 0.0409. The van der Waals surface area contributed by atoms with Crippen molar-refractivity contribution >= 4 is 0 Å². The molecule has 1 saturated heterocycles. The van der Waals surface area contributed by atoms with E-state index in [9.17, 15) is 0 Å². The monoisotopic (exact) mass is 253 g/mol. The van der Waals surface area contributed by atoms with Crippen LogP contribution >= 0.6 is 0 Å². The van der Waals surface area contributed by atoms with Crippen molar-refractivity contribution in [2.24, 2.45) is 5.73 Å².